The highest BCUT2D eigenvalue weighted by Gasteiger charge is 2.08. The zero-order chi connectivity index (χ0) is 12.8. The summed E-state index contributed by atoms with van der Waals surface area (Å²) in [6.45, 7) is 3.95. The Bertz CT molecular complexity index is 532. The van der Waals surface area contributed by atoms with Crippen molar-refractivity contribution in [2.24, 2.45) is 0 Å². The van der Waals surface area contributed by atoms with E-state index in [1.807, 2.05) is 30.3 Å². The maximum absolute atomic E-state index is 8.67. The van der Waals surface area contributed by atoms with Crippen LogP contribution in [0.3, 0.4) is 0 Å². The lowest BCUT2D eigenvalue weighted by Crippen LogP contribution is -3.00. The first-order chi connectivity index (χ1) is 8.83. The Morgan fingerprint density at radius 2 is 1.63 bits per heavy atom. The molecule has 0 saturated carbocycles. The van der Waals surface area contributed by atoms with Crippen molar-refractivity contribution in [2.45, 2.75) is 13.5 Å². The molecule has 0 bridgehead atoms. The number of rotatable bonds is 4. The Morgan fingerprint density at radius 3 is 2.16 bits per heavy atom. The first-order valence-corrected chi connectivity index (χ1v) is 6.07. The summed E-state index contributed by atoms with van der Waals surface area (Å²) in [6.07, 6.45) is 0. The summed E-state index contributed by atoms with van der Waals surface area (Å²) in [4.78, 5) is 5.44. The van der Waals surface area contributed by atoms with Gasteiger partial charge in [0.05, 0.1) is 0 Å². The van der Waals surface area contributed by atoms with Gasteiger partial charge in [0.2, 0.25) is 5.39 Å². The third kappa shape index (κ3) is 3.97. The molecular weight excluding hydrogens is 258 g/mol. The van der Waals surface area contributed by atoms with E-state index in [0.29, 0.717) is 5.69 Å². The van der Waals surface area contributed by atoms with Gasteiger partial charge in [-0.05, 0) is 24.6 Å². The van der Waals surface area contributed by atoms with Gasteiger partial charge in [-0.15, -0.1) is 0 Å². The molecule has 0 amide bonds. The van der Waals surface area contributed by atoms with E-state index < -0.39 is 0 Å². The van der Waals surface area contributed by atoms with Crippen molar-refractivity contribution in [3.63, 3.8) is 0 Å². The fourth-order valence-corrected chi connectivity index (χ4v) is 1.92. The molecule has 0 unspecified atom stereocenters. The zero-order valence-corrected chi connectivity index (χ0v) is 11.6. The number of anilines is 1. The van der Waals surface area contributed by atoms with E-state index in [4.69, 9.17) is 5.39 Å². The molecule has 0 spiro atoms. The molecule has 4 heteroatoms. The molecule has 0 aliphatic heterocycles. The van der Waals surface area contributed by atoms with Crippen molar-refractivity contribution in [1.29, 1.82) is 5.39 Å². The van der Waals surface area contributed by atoms with Crippen LogP contribution in [0.2, 0.25) is 0 Å². The third-order valence-corrected chi connectivity index (χ3v) is 2.93. The molecule has 0 heterocycles. The molecule has 0 atom stereocenters. The highest BCUT2D eigenvalue weighted by atomic mass is 35.5. The number of hydrogen-bond acceptors (Lipinski definition) is 2. The number of halogens is 1. The van der Waals surface area contributed by atoms with Gasteiger partial charge < -0.3 is 17.3 Å². The maximum Gasteiger partial charge on any atom is 0.385 e. The lowest BCUT2D eigenvalue weighted by molar-refractivity contribution is -0.00000389. The minimum absolute atomic E-state index is 0. The van der Waals surface area contributed by atoms with E-state index in [-0.39, 0.29) is 12.4 Å². The predicted octanol–water partition coefficient (Wildman–Crippen LogP) is 1.20. The molecule has 19 heavy (non-hydrogen) atoms. The molecule has 0 saturated heterocycles. The Labute approximate surface area is 119 Å². The zero-order valence-electron chi connectivity index (χ0n) is 10.8. The molecule has 2 aromatic rings. The van der Waals surface area contributed by atoms with Crippen molar-refractivity contribution < 1.29 is 12.4 Å². The molecule has 2 rings (SSSR count). The summed E-state index contributed by atoms with van der Waals surface area (Å²) in [5, 5.41) is 8.67. The third-order valence-electron chi connectivity index (χ3n) is 2.93. The molecule has 0 fully saturated rings. The minimum Gasteiger partial charge on any atom is -1.00 e. The van der Waals surface area contributed by atoms with Crippen molar-refractivity contribution in [2.75, 3.05) is 11.4 Å². The van der Waals surface area contributed by atoms with Crippen molar-refractivity contribution >= 4 is 11.4 Å². The Balaban J connectivity index is 0.00000180. The van der Waals surface area contributed by atoms with Crippen molar-refractivity contribution in [3.8, 4) is 0 Å². The summed E-state index contributed by atoms with van der Waals surface area (Å²) >= 11 is 0. The molecule has 0 radical (unpaired) electrons. The van der Waals surface area contributed by atoms with Crippen LogP contribution in [0, 0.1) is 5.39 Å². The van der Waals surface area contributed by atoms with Crippen LogP contribution in [-0.4, -0.2) is 6.54 Å². The molecule has 2 aromatic carbocycles. The first-order valence-electron chi connectivity index (χ1n) is 6.07. The van der Waals surface area contributed by atoms with Crippen LogP contribution in [0.4, 0.5) is 11.4 Å². The fraction of sp³-hybridized carbons (Fsp3) is 0.200. The summed E-state index contributed by atoms with van der Waals surface area (Å²) in [7, 11) is 0. The quantitative estimate of drug-likeness (QED) is 0.784. The maximum atomic E-state index is 8.67. The van der Waals surface area contributed by atoms with E-state index in [1.165, 1.54) is 5.56 Å². The number of hydrogen-bond donors (Lipinski definition) is 0. The highest BCUT2D eigenvalue weighted by Crippen LogP contribution is 2.21. The van der Waals surface area contributed by atoms with Gasteiger partial charge >= 0.3 is 5.69 Å². The van der Waals surface area contributed by atoms with E-state index in [9.17, 15) is 0 Å². The Kier molecular flexibility index (Phi) is 5.84. The van der Waals surface area contributed by atoms with Gasteiger partial charge in [0.15, 0.2) is 4.98 Å². The predicted molar refractivity (Wildman–Crippen MR) is 74.4 cm³/mol. The first kappa shape index (κ1) is 15.0. The molecule has 98 valence electrons. The normalized spacial score (nSPS) is 9.26. The monoisotopic (exact) mass is 273 g/mol. The highest BCUT2D eigenvalue weighted by molar-refractivity contribution is 5.55. The SMILES string of the molecule is CCN(Cc1ccccc1)c1ccc([N+]#N)cc1.[Cl-]. The second-order valence-corrected chi connectivity index (χ2v) is 4.12. The van der Waals surface area contributed by atoms with Crippen LogP contribution in [0.5, 0.6) is 0 Å². The van der Waals surface area contributed by atoms with Gasteiger partial charge in [0.1, 0.15) is 0 Å². The second kappa shape index (κ2) is 7.40. The summed E-state index contributed by atoms with van der Waals surface area (Å²) in [5.74, 6) is 0. The summed E-state index contributed by atoms with van der Waals surface area (Å²) in [6, 6.07) is 17.9. The van der Waals surface area contributed by atoms with Gasteiger partial charge in [-0.25, -0.2) is 0 Å². The molecule has 0 aliphatic rings. The van der Waals surface area contributed by atoms with E-state index in [1.54, 1.807) is 0 Å². The lowest BCUT2D eigenvalue weighted by atomic mass is 10.2. The molecule has 0 aromatic heterocycles. The molecular formula is C15H16ClN3. The number of nitrogens with zero attached hydrogens (tertiary/aromatic N) is 3. The molecule has 0 aliphatic carbocycles. The van der Waals surface area contributed by atoms with Crippen LogP contribution in [0.15, 0.2) is 54.6 Å². The van der Waals surface area contributed by atoms with Gasteiger partial charge in [-0.2, -0.15) is 0 Å². The Morgan fingerprint density at radius 1 is 1.00 bits per heavy atom. The fourth-order valence-electron chi connectivity index (χ4n) is 1.92. The van der Waals surface area contributed by atoms with Crippen LogP contribution in [-0.2, 0) is 6.54 Å². The van der Waals surface area contributed by atoms with Gasteiger partial charge in [0, 0.05) is 30.9 Å². The average Bonchev–Trinajstić information content (AvgIpc) is 2.46. The van der Waals surface area contributed by atoms with Crippen LogP contribution in [0.1, 0.15) is 12.5 Å². The van der Waals surface area contributed by atoms with Crippen molar-refractivity contribution in [1.82, 2.24) is 0 Å². The van der Waals surface area contributed by atoms with E-state index in [2.05, 4.69) is 41.1 Å². The molecule has 3 nitrogen and oxygen atoms in total. The van der Waals surface area contributed by atoms with E-state index >= 15 is 0 Å². The molecule has 0 N–H and O–H groups in total. The summed E-state index contributed by atoms with van der Waals surface area (Å²) < 4.78 is 0. The van der Waals surface area contributed by atoms with Crippen molar-refractivity contribution in [3.05, 3.63) is 65.1 Å². The smallest absolute Gasteiger partial charge is 0.385 e. The lowest BCUT2D eigenvalue weighted by Gasteiger charge is -2.22. The Hall–Kier alpha value is -2.05. The van der Waals surface area contributed by atoms with Gasteiger partial charge in [-0.1, -0.05) is 30.3 Å². The minimum atomic E-state index is 0. The van der Waals surface area contributed by atoms with Crippen LogP contribution < -0.4 is 17.3 Å². The van der Waals surface area contributed by atoms with Crippen LogP contribution in [0.25, 0.3) is 4.98 Å². The van der Waals surface area contributed by atoms with Gasteiger partial charge in [-0.3, -0.25) is 0 Å². The number of benzene rings is 2. The number of diazo groups is 1. The van der Waals surface area contributed by atoms with Gasteiger partial charge in [0.25, 0.3) is 0 Å². The average molecular weight is 274 g/mol. The standard InChI is InChI=1S/C15H16N3.ClH/c1-2-18(12-13-6-4-3-5-7-13)15-10-8-14(17-16)9-11-15;/h3-11H,2,12H2,1H3;1H/q+1;/p-1. The van der Waals surface area contributed by atoms with E-state index in [0.717, 1.165) is 18.8 Å². The second-order valence-electron chi connectivity index (χ2n) is 4.12. The van der Waals surface area contributed by atoms with Crippen LogP contribution >= 0.6 is 0 Å². The largest absolute Gasteiger partial charge is 1.00 e. The summed E-state index contributed by atoms with van der Waals surface area (Å²) in [5.41, 5.74) is 3.00. The topological polar surface area (TPSA) is 31.4 Å².